The van der Waals surface area contributed by atoms with E-state index in [-0.39, 0.29) is 0 Å². The fourth-order valence-corrected chi connectivity index (χ4v) is 1.94. The zero-order valence-electron chi connectivity index (χ0n) is 10.9. The summed E-state index contributed by atoms with van der Waals surface area (Å²) in [6, 6.07) is 1.25. The summed E-state index contributed by atoms with van der Waals surface area (Å²) in [5.74, 6) is -0.0118. The minimum atomic E-state index is -1.02. The molecule has 0 saturated carbocycles. The van der Waals surface area contributed by atoms with Crippen LogP contribution in [0, 0.1) is 5.82 Å². The van der Waals surface area contributed by atoms with Gasteiger partial charge in [-0.05, 0) is 12.5 Å². The van der Waals surface area contributed by atoms with Crippen LogP contribution in [0.15, 0.2) is 24.7 Å². The summed E-state index contributed by atoms with van der Waals surface area (Å²) in [5, 5.41) is 14.5. The van der Waals surface area contributed by atoms with E-state index in [0.29, 0.717) is 23.6 Å². The highest BCUT2D eigenvalue weighted by molar-refractivity contribution is 5.33. The molecule has 0 aliphatic rings. The third-order valence-electron chi connectivity index (χ3n) is 2.80. The van der Waals surface area contributed by atoms with E-state index < -0.39 is 11.9 Å². The molecule has 0 spiro atoms. The first kappa shape index (κ1) is 13.5. The Balaban J connectivity index is 2.41. The molecule has 0 radical (unpaired) electrons. The van der Waals surface area contributed by atoms with Crippen molar-refractivity contribution in [2.75, 3.05) is 7.11 Å². The molecule has 5 nitrogen and oxygen atoms in total. The lowest BCUT2D eigenvalue weighted by molar-refractivity contribution is 0.201. The quantitative estimate of drug-likeness (QED) is 0.897. The van der Waals surface area contributed by atoms with Gasteiger partial charge < -0.3 is 9.84 Å². The standard InChI is InChI=1S/C13H16FN3O2/c1-3-4-17-12(11(19-2)8-16-17)13(18)9-5-10(14)7-15-6-9/h5-8,13,18H,3-4H2,1-2H3. The van der Waals surface area contributed by atoms with E-state index in [0.717, 1.165) is 12.6 Å². The van der Waals surface area contributed by atoms with E-state index >= 15 is 0 Å². The van der Waals surface area contributed by atoms with Crippen LogP contribution in [0.25, 0.3) is 0 Å². The average molecular weight is 265 g/mol. The van der Waals surface area contributed by atoms with Crippen molar-refractivity contribution in [3.05, 3.63) is 41.7 Å². The van der Waals surface area contributed by atoms with Crippen LogP contribution in [0.5, 0.6) is 5.75 Å². The molecule has 2 rings (SSSR count). The minimum Gasteiger partial charge on any atom is -0.493 e. The van der Waals surface area contributed by atoms with E-state index in [9.17, 15) is 9.50 Å². The summed E-state index contributed by atoms with van der Waals surface area (Å²) in [5.41, 5.74) is 0.882. The van der Waals surface area contributed by atoms with E-state index in [2.05, 4.69) is 10.1 Å². The SMILES string of the molecule is CCCn1ncc(OC)c1C(O)c1cncc(F)c1. The van der Waals surface area contributed by atoms with Crippen molar-refractivity contribution in [3.63, 3.8) is 0 Å². The highest BCUT2D eigenvalue weighted by atomic mass is 19.1. The van der Waals surface area contributed by atoms with Gasteiger partial charge in [-0.2, -0.15) is 5.10 Å². The van der Waals surface area contributed by atoms with Gasteiger partial charge >= 0.3 is 0 Å². The van der Waals surface area contributed by atoms with Gasteiger partial charge in [0.15, 0.2) is 5.75 Å². The Morgan fingerprint density at radius 1 is 1.42 bits per heavy atom. The van der Waals surface area contributed by atoms with Crippen LogP contribution in [-0.2, 0) is 6.54 Å². The highest BCUT2D eigenvalue weighted by Gasteiger charge is 2.21. The second-order valence-corrected chi connectivity index (χ2v) is 4.16. The lowest BCUT2D eigenvalue weighted by atomic mass is 10.1. The average Bonchev–Trinajstić information content (AvgIpc) is 2.81. The maximum atomic E-state index is 13.2. The molecule has 1 unspecified atom stereocenters. The fraction of sp³-hybridized carbons (Fsp3) is 0.385. The molecule has 2 aromatic rings. The van der Waals surface area contributed by atoms with Crippen molar-refractivity contribution < 1.29 is 14.2 Å². The summed E-state index contributed by atoms with van der Waals surface area (Å²) in [7, 11) is 1.51. The molecular formula is C13H16FN3O2. The van der Waals surface area contributed by atoms with Gasteiger partial charge in [-0.15, -0.1) is 0 Å². The van der Waals surface area contributed by atoms with Crippen molar-refractivity contribution >= 4 is 0 Å². The largest absolute Gasteiger partial charge is 0.493 e. The van der Waals surface area contributed by atoms with Gasteiger partial charge in [0, 0.05) is 18.3 Å². The van der Waals surface area contributed by atoms with Crippen LogP contribution in [0.4, 0.5) is 4.39 Å². The van der Waals surface area contributed by atoms with Crippen LogP contribution in [0.2, 0.25) is 0 Å². The first-order valence-electron chi connectivity index (χ1n) is 6.05. The number of methoxy groups -OCH3 is 1. The predicted molar refractivity (Wildman–Crippen MR) is 67.3 cm³/mol. The van der Waals surface area contributed by atoms with Crippen molar-refractivity contribution in [1.29, 1.82) is 0 Å². The Morgan fingerprint density at radius 3 is 2.84 bits per heavy atom. The number of rotatable bonds is 5. The Kier molecular flexibility index (Phi) is 4.11. The fourth-order valence-electron chi connectivity index (χ4n) is 1.94. The highest BCUT2D eigenvalue weighted by Crippen LogP contribution is 2.29. The Labute approximate surface area is 110 Å². The number of ether oxygens (including phenoxy) is 1. The van der Waals surface area contributed by atoms with Crippen LogP contribution >= 0.6 is 0 Å². The lowest BCUT2D eigenvalue weighted by Crippen LogP contribution is -2.11. The zero-order valence-corrected chi connectivity index (χ0v) is 10.9. The normalized spacial score (nSPS) is 12.4. The van der Waals surface area contributed by atoms with Crippen molar-refractivity contribution in [1.82, 2.24) is 14.8 Å². The van der Waals surface area contributed by atoms with Gasteiger partial charge in [0.05, 0.1) is 19.5 Å². The van der Waals surface area contributed by atoms with Gasteiger partial charge in [-0.1, -0.05) is 6.92 Å². The molecule has 1 N–H and O–H groups in total. The van der Waals surface area contributed by atoms with E-state index in [1.807, 2.05) is 6.92 Å². The number of nitrogens with zero attached hydrogens (tertiary/aromatic N) is 3. The maximum Gasteiger partial charge on any atom is 0.163 e. The second kappa shape index (κ2) is 5.79. The molecule has 0 amide bonds. The van der Waals surface area contributed by atoms with Crippen LogP contribution < -0.4 is 4.74 Å². The maximum absolute atomic E-state index is 13.2. The monoisotopic (exact) mass is 265 g/mol. The summed E-state index contributed by atoms with van der Waals surface area (Å²) < 4.78 is 20.0. The minimum absolute atomic E-state index is 0.371. The molecule has 2 heterocycles. The molecule has 0 bridgehead atoms. The molecule has 2 aromatic heterocycles. The number of hydrogen-bond acceptors (Lipinski definition) is 4. The van der Waals surface area contributed by atoms with Gasteiger partial charge in [-0.25, -0.2) is 4.39 Å². The molecule has 0 aromatic carbocycles. The van der Waals surface area contributed by atoms with E-state index in [1.54, 1.807) is 10.9 Å². The molecule has 0 fully saturated rings. The molecular weight excluding hydrogens is 249 g/mol. The molecule has 1 atom stereocenters. The predicted octanol–water partition coefficient (Wildman–Crippen LogP) is 1.92. The van der Waals surface area contributed by atoms with E-state index in [1.165, 1.54) is 19.4 Å². The summed E-state index contributed by atoms with van der Waals surface area (Å²) in [6.07, 6.45) is 3.91. The van der Waals surface area contributed by atoms with Crippen molar-refractivity contribution in [3.8, 4) is 5.75 Å². The zero-order chi connectivity index (χ0) is 13.8. The molecule has 0 aliphatic carbocycles. The van der Waals surface area contributed by atoms with Gasteiger partial charge in [0.25, 0.3) is 0 Å². The second-order valence-electron chi connectivity index (χ2n) is 4.16. The Morgan fingerprint density at radius 2 is 2.21 bits per heavy atom. The van der Waals surface area contributed by atoms with Crippen molar-refractivity contribution in [2.45, 2.75) is 26.0 Å². The molecule has 19 heavy (non-hydrogen) atoms. The van der Waals surface area contributed by atoms with Crippen LogP contribution in [-0.4, -0.2) is 27.0 Å². The molecule has 6 heteroatoms. The van der Waals surface area contributed by atoms with Crippen molar-refractivity contribution in [2.24, 2.45) is 0 Å². The number of pyridine rings is 1. The first-order valence-corrected chi connectivity index (χ1v) is 6.05. The summed E-state index contributed by atoms with van der Waals surface area (Å²) in [6.45, 7) is 2.66. The molecule has 102 valence electrons. The number of aliphatic hydroxyl groups excluding tert-OH is 1. The van der Waals surface area contributed by atoms with Gasteiger partial charge in [0.2, 0.25) is 0 Å². The molecule has 0 saturated heterocycles. The first-order chi connectivity index (χ1) is 9.17. The summed E-state index contributed by atoms with van der Waals surface area (Å²) in [4.78, 5) is 3.74. The smallest absolute Gasteiger partial charge is 0.163 e. The Hall–Kier alpha value is -1.95. The Bertz CT molecular complexity index is 557. The number of aliphatic hydroxyl groups is 1. The van der Waals surface area contributed by atoms with Crippen LogP contribution in [0.1, 0.15) is 30.7 Å². The number of hydrogen-bond donors (Lipinski definition) is 1. The molecule has 0 aliphatic heterocycles. The topological polar surface area (TPSA) is 60.2 Å². The van der Waals surface area contributed by atoms with E-state index in [4.69, 9.17) is 4.74 Å². The number of aromatic nitrogens is 3. The lowest BCUT2D eigenvalue weighted by Gasteiger charge is -2.14. The van der Waals surface area contributed by atoms with Gasteiger partial charge in [-0.3, -0.25) is 9.67 Å². The number of aryl methyl sites for hydroxylation is 1. The third kappa shape index (κ3) is 2.73. The summed E-state index contributed by atoms with van der Waals surface area (Å²) >= 11 is 0. The van der Waals surface area contributed by atoms with Gasteiger partial charge in [0.1, 0.15) is 17.6 Å². The van der Waals surface area contributed by atoms with Crippen LogP contribution in [0.3, 0.4) is 0 Å². The number of halogens is 1. The third-order valence-corrected chi connectivity index (χ3v) is 2.80.